The Labute approximate surface area is 86.9 Å². The summed E-state index contributed by atoms with van der Waals surface area (Å²) < 4.78 is 0. The number of carbonyl (C=O) groups is 1. The summed E-state index contributed by atoms with van der Waals surface area (Å²) in [6.07, 6.45) is 4.02. The lowest BCUT2D eigenvalue weighted by Crippen LogP contribution is -2.31. The maximum Gasteiger partial charge on any atom is 0.307 e. The Bertz CT molecular complexity index is 397. The molecular formula is C10H13N3O2. The molecule has 0 spiro atoms. The van der Waals surface area contributed by atoms with Gasteiger partial charge in [-0.1, -0.05) is 0 Å². The highest BCUT2D eigenvalue weighted by molar-refractivity contribution is 5.72. The predicted octanol–water partition coefficient (Wildman–Crippen LogP) is 1.26. The number of hydrogen-bond acceptors (Lipinski definition) is 3. The number of rotatable bonds is 3. The maximum absolute atomic E-state index is 10.9. The number of carboxylic acid groups (broad SMARTS) is 1. The number of nitrogens with one attached hydrogen (secondary N) is 1. The number of aromatic nitrogens is 3. The summed E-state index contributed by atoms with van der Waals surface area (Å²) in [5.41, 5.74) is 0. The van der Waals surface area contributed by atoms with Gasteiger partial charge in [0.15, 0.2) is 5.82 Å². The molecule has 5 heteroatoms. The summed E-state index contributed by atoms with van der Waals surface area (Å²) in [4.78, 5) is 15.3. The first kappa shape index (κ1) is 8.88. The molecule has 1 heterocycles. The van der Waals surface area contributed by atoms with E-state index in [4.69, 9.17) is 5.11 Å². The van der Waals surface area contributed by atoms with E-state index in [1.165, 1.54) is 12.8 Å². The first-order valence-corrected chi connectivity index (χ1v) is 5.40. The Morgan fingerprint density at radius 1 is 1.33 bits per heavy atom. The largest absolute Gasteiger partial charge is 0.481 e. The SMILES string of the molecule is O=C(O)[C@@H]1CC[C@@H]1c1nc(C2CC2)n[nH]1. The van der Waals surface area contributed by atoms with E-state index >= 15 is 0 Å². The van der Waals surface area contributed by atoms with Crippen LogP contribution in [0.25, 0.3) is 0 Å². The van der Waals surface area contributed by atoms with Gasteiger partial charge in [0.25, 0.3) is 0 Å². The lowest BCUT2D eigenvalue weighted by Gasteiger charge is -2.31. The van der Waals surface area contributed by atoms with E-state index in [-0.39, 0.29) is 11.8 Å². The third-order valence-electron chi connectivity index (χ3n) is 3.41. The van der Waals surface area contributed by atoms with E-state index in [1.807, 2.05) is 0 Å². The first-order chi connectivity index (χ1) is 7.25. The first-order valence-electron chi connectivity index (χ1n) is 5.40. The molecule has 2 saturated carbocycles. The van der Waals surface area contributed by atoms with Gasteiger partial charge in [0.1, 0.15) is 5.82 Å². The fraction of sp³-hybridized carbons (Fsp3) is 0.700. The molecule has 0 radical (unpaired) electrons. The van der Waals surface area contributed by atoms with Crippen LogP contribution in [0.15, 0.2) is 0 Å². The zero-order valence-corrected chi connectivity index (χ0v) is 8.31. The topological polar surface area (TPSA) is 78.9 Å². The summed E-state index contributed by atoms with van der Waals surface area (Å²) in [6.45, 7) is 0. The Balaban J connectivity index is 1.77. The summed E-state index contributed by atoms with van der Waals surface area (Å²) in [6, 6.07) is 0. The number of aromatic amines is 1. The van der Waals surface area contributed by atoms with E-state index in [9.17, 15) is 4.79 Å². The second kappa shape index (κ2) is 3.05. The van der Waals surface area contributed by atoms with Crippen LogP contribution in [-0.4, -0.2) is 26.3 Å². The number of carboxylic acids is 1. The van der Waals surface area contributed by atoms with Gasteiger partial charge in [-0.2, -0.15) is 5.10 Å². The molecule has 2 atom stereocenters. The molecule has 0 aliphatic heterocycles. The second-order valence-electron chi connectivity index (χ2n) is 4.48. The third kappa shape index (κ3) is 1.42. The molecule has 3 rings (SSSR count). The number of nitrogens with zero attached hydrogens (tertiary/aromatic N) is 2. The number of hydrogen-bond donors (Lipinski definition) is 2. The Morgan fingerprint density at radius 3 is 2.67 bits per heavy atom. The summed E-state index contributed by atoms with van der Waals surface area (Å²) >= 11 is 0. The Kier molecular flexibility index (Phi) is 1.81. The van der Waals surface area contributed by atoms with Gasteiger partial charge in [-0.05, 0) is 25.7 Å². The molecule has 0 amide bonds. The minimum absolute atomic E-state index is 0.0579. The van der Waals surface area contributed by atoms with Crippen molar-refractivity contribution in [2.24, 2.45) is 5.92 Å². The Morgan fingerprint density at radius 2 is 2.13 bits per heavy atom. The van der Waals surface area contributed by atoms with Crippen LogP contribution in [0.2, 0.25) is 0 Å². The van der Waals surface area contributed by atoms with Crippen LogP contribution >= 0.6 is 0 Å². The molecule has 2 aliphatic rings. The van der Waals surface area contributed by atoms with Gasteiger partial charge in [-0.15, -0.1) is 0 Å². The average Bonchev–Trinajstić information content (AvgIpc) is 2.85. The van der Waals surface area contributed by atoms with E-state index in [0.717, 1.165) is 24.5 Å². The fourth-order valence-corrected chi connectivity index (χ4v) is 2.10. The molecule has 15 heavy (non-hydrogen) atoms. The van der Waals surface area contributed by atoms with Gasteiger partial charge in [0, 0.05) is 11.8 Å². The van der Waals surface area contributed by atoms with Crippen molar-refractivity contribution in [3.05, 3.63) is 11.6 Å². The zero-order chi connectivity index (χ0) is 10.4. The van der Waals surface area contributed by atoms with Crippen molar-refractivity contribution in [3.8, 4) is 0 Å². The quantitative estimate of drug-likeness (QED) is 0.782. The molecule has 1 aromatic rings. The molecule has 2 aliphatic carbocycles. The minimum Gasteiger partial charge on any atom is -0.481 e. The highest BCUT2D eigenvalue weighted by Crippen LogP contribution is 2.43. The lowest BCUT2D eigenvalue weighted by molar-refractivity contribution is -0.145. The molecule has 0 bridgehead atoms. The van der Waals surface area contributed by atoms with E-state index < -0.39 is 5.97 Å². The van der Waals surface area contributed by atoms with Crippen LogP contribution in [0.5, 0.6) is 0 Å². The molecule has 1 aromatic heterocycles. The number of H-pyrrole nitrogens is 1. The predicted molar refractivity (Wildman–Crippen MR) is 51.5 cm³/mol. The van der Waals surface area contributed by atoms with Gasteiger partial charge >= 0.3 is 5.97 Å². The zero-order valence-electron chi connectivity index (χ0n) is 8.31. The molecule has 2 N–H and O–H groups in total. The maximum atomic E-state index is 10.9. The molecule has 80 valence electrons. The van der Waals surface area contributed by atoms with Gasteiger partial charge in [-0.3, -0.25) is 9.89 Å². The van der Waals surface area contributed by atoms with Crippen molar-refractivity contribution in [3.63, 3.8) is 0 Å². The van der Waals surface area contributed by atoms with E-state index in [2.05, 4.69) is 15.2 Å². The monoisotopic (exact) mass is 207 g/mol. The van der Waals surface area contributed by atoms with Crippen molar-refractivity contribution in [1.82, 2.24) is 15.2 Å². The third-order valence-corrected chi connectivity index (χ3v) is 3.41. The van der Waals surface area contributed by atoms with Crippen molar-refractivity contribution in [2.75, 3.05) is 0 Å². The van der Waals surface area contributed by atoms with Crippen LogP contribution < -0.4 is 0 Å². The second-order valence-corrected chi connectivity index (χ2v) is 4.48. The standard InChI is InChI=1S/C10H13N3O2/c14-10(15)7-4-3-6(7)9-11-8(12-13-9)5-1-2-5/h5-7H,1-4H2,(H,14,15)(H,11,12,13)/t6-,7+/m0/s1. The van der Waals surface area contributed by atoms with Gasteiger partial charge < -0.3 is 5.11 Å². The van der Waals surface area contributed by atoms with E-state index in [1.54, 1.807) is 0 Å². The average molecular weight is 207 g/mol. The van der Waals surface area contributed by atoms with Crippen molar-refractivity contribution in [2.45, 2.75) is 37.5 Å². The van der Waals surface area contributed by atoms with Crippen LogP contribution in [0.1, 0.15) is 49.2 Å². The van der Waals surface area contributed by atoms with Crippen LogP contribution in [0, 0.1) is 5.92 Å². The summed E-state index contributed by atoms with van der Waals surface area (Å²) in [5.74, 6) is 1.26. The molecule has 0 aromatic carbocycles. The highest BCUT2D eigenvalue weighted by Gasteiger charge is 2.40. The smallest absolute Gasteiger partial charge is 0.307 e. The van der Waals surface area contributed by atoms with Crippen LogP contribution in [0.3, 0.4) is 0 Å². The van der Waals surface area contributed by atoms with Crippen molar-refractivity contribution in [1.29, 1.82) is 0 Å². The lowest BCUT2D eigenvalue weighted by atomic mass is 9.73. The highest BCUT2D eigenvalue weighted by atomic mass is 16.4. The normalized spacial score (nSPS) is 29.9. The fourth-order valence-electron chi connectivity index (χ4n) is 2.10. The van der Waals surface area contributed by atoms with Gasteiger partial charge in [-0.25, -0.2) is 4.98 Å². The van der Waals surface area contributed by atoms with Crippen molar-refractivity contribution >= 4 is 5.97 Å². The number of aliphatic carboxylic acids is 1. The molecule has 2 fully saturated rings. The Hall–Kier alpha value is -1.39. The minimum atomic E-state index is -0.712. The molecular weight excluding hydrogens is 194 g/mol. The van der Waals surface area contributed by atoms with Gasteiger partial charge in [0.2, 0.25) is 0 Å². The van der Waals surface area contributed by atoms with Crippen LogP contribution in [0.4, 0.5) is 0 Å². The molecule has 0 unspecified atom stereocenters. The van der Waals surface area contributed by atoms with Crippen LogP contribution in [-0.2, 0) is 4.79 Å². The molecule has 5 nitrogen and oxygen atoms in total. The summed E-state index contributed by atoms with van der Waals surface area (Å²) in [7, 11) is 0. The molecule has 0 saturated heterocycles. The summed E-state index contributed by atoms with van der Waals surface area (Å²) in [5, 5.41) is 16.0. The van der Waals surface area contributed by atoms with Gasteiger partial charge in [0.05, 0.1) is 5.92 Å². The van der Waals surface area contributed by atoms with E-state index in [0.29, 0.717) is 5.92 Å². The van der Waals surface area contributed by atoms with Crippen molar-refractivity contribution < 1.29 is 9.90 Å².